The van der Waals surface area contributed by atoms with Crippen LogP contribution in [0.3, 0.4) is 0 Å². The summed E-state index contributed by atoms with van der Waals surface area (Å²) < 4.78 is 40.0. The van der Waals surface area contributed by atoms with Crippen LogP contribution < -0.4 is 14.8 Å². The quantitative estimate of drug-likeness (QED) is 0.753. The third-order valence-electron chi connectivity index (χ3n) is 5.74. The van der Waals surface area contributed by atoms with Crippen LogP contribution in [-0.4, -0.2) is 50.5 Å². The van der Waals surface area contributed by atoms with E-state index in [9.17, 15) is 13.2 Å². The van der Waals surface area contributed by atoms with Gasteiger partial charge < -0.3 is 19.4 Å². The monoisotopic (exact) mass is 435 g/mol. The molecule has 0 radical (unpaired) electrons. The van der Waals surface area contributed by atoms with E-state index in [2.05, 4.69) is 12.2 Å². The number of ether oxygens (including phenoxy) is 2. The zero-order valence-corrected chi connectivity index (χ0v) is 18.9. The average molecular weight is 436 g/mol. The molecule has 1 aliphatic heterocycles. The fourth-order valence-corrected chi connectivity index (χ4v) is 5.35. The van der Waals surface area contributed by atoms with Gasteiger partial charge in [0.05, 0.1) is 19.9 Å². The van der Waals surface area contributed by atoms with Crippen LogP contribution in [-0.2, 0) is 17.1 Å². The largest absolute Gasteiger partial charge is 0.497 e. The van der Waals surface area contributed by atoms with Gasteiger partial charge in [0.15, 0.2) is 0 Å². The molecule has 8 nitrogen and oxygen atoms in total. The summed E-state index contributed by atoms with van der Waals surface area (Å²) in [5.41, 5.74) is 1.22. The summed E-state index contributed by atoms with van der Waals surface area (Å²) in [7, 11) is 1.07. The van der Waals surface area contributed by atoms with Gasteiger partial charge in [-0.2, -0.15) is 4.31 Å². The van der Waals surface area contributed by atoms with Gasteiger partial charge in [0.25, 0.3) is 5.91 Å². The van der Waals surface area contributed by atoms with Crippen molar-refractivity contribution >= 4 is 21.6 Å². The first kappa shape index (κ1) is 22.2. The van der Waals surface area contributed by atoms with Gasteiger partial charge in [-0.05, 0) is 43.9 Å². The molecule has 9 heteroatoms. The number of hydrogen-bond donors (Lipinski definition) is 1. The number of carbonyl (C=O) groups excluding carboxylic acids is 1. The first-order valence-electron chi connectivity index (χ1n) is 9.89. The Morgan fingerprint density at radius 1 is 1.13 bits per heavy atom. The van der Waals surface area contributed by atoms with Gasteiger partial charge in [-0.25, -0.2) is 8.42 Å². The predicted octanol–water partition coefficient (Wildman–Crippen LogP) is 3.02. The van der Waals surface area contributed by atoms with Gasteiger partial charge in [0, 0.05) is 31.9 Å². The molecule has 1 fully saturated rings. The van der Waals surface area contributed by atoms with Crippen LogP contribution in [0, 0.1) is 12.8 Å². The van der Waals surface area contributed by atoms with Crippen molar-refractivity contribution in [2.45, 2.75) is 31.6 Å². The Kier molecular flexibility index (Phi) is 6.42. The second-order valence-corrected chi connectivity index (χ2v) is 9.55. The standard InChI is InChI=1S/C21H29N3O5S/c1-14-8-10-24(11-9-14)30(26,27)20-13-18(23(3)15(20)2)21(25)22-17-12-16(28-4)6-7-19(17)29-5/h6-7,12-14H,8-11H2,1-5H3,(H,22,25). The number of rotatable bonds is 6. The molecule has 2 heterocycles. The molecule has 1 aliphatic rings. The van der Waals surface area contributed by atoms with Crippen molar-refractivity contribution in [2.24, 2.45) is 13.0 Å². The number of carbonyl (C=O) groups is 1. The number of nitrogens with one attached hydrogen (secondary N) is 1. The third-order valence-corrected chi connectivity index (χ3v) is 7.75. The second-order valence-electron chi connectivity index (χ2n) is 7.65. The zero-order valence-electron chi connectivity index (χ0n) is 18.1. The van der Waals surface area contributed by atoms with Crippen LogP contribution in [0.4, 0.5) is 5.69 Å². The summed E-state index contributed by atoms with van der Waals surface area (Å²) in [4.78, 5) is 13.1. The number of sulfonamides is 1. The number of hydrogen-bond acceptors (Lipinski definition) is 5. The van der Waals surface area contributed by atoms with Crippen molar-refractivity contribution in [3.8, 4) is 11.5 Å². The molecule has 1 aromatic heterocycles. The lowest BCUT2D eigenvalue weighted by Crippen LogP contribution is -2.38. The van der Waals surface area contributed by atoms with E-state index in [4.69, 9.17) is 9.47 Å². The molecule has 0 atom stereocenters. The fraction of sp³-hybridized carbons (Fsp3) is 0.476. The number of aromatic nitrogens is 1. The Bertz CT molecular complexity index is 1040. The minimum absolute atomic E-state index is 0.169. The Hall–Kier alpha value is -2.52. The van der Waals surface area contributed by atoms with E-state index in [1.807, 2.05) is 0 Å². The molecule has 1 aromatic carbocycles. The SMILES string of the molecule is COc1ccc(OC)c(NC(=O)c2cc(S(=O)(=O)N3CCC(C)CC3)c(C)n2C)c1. The molecule has 30 heavy (non-hydrogen) atoms. The number of anilines is 1. The lowest BCUT2D eigenvalue weighted by molar-refractivity contribution is 0.101. The lowest BCUT2D eigenvalue weighted by Gasteiger charge is -2.29. The van der Waals surface area contributed by atoms with Crippen LogP contribution in [0.15, 0.2) is 29.2 Å². The molecular weight excluding hydrogens is 406 g/mol. The van der Waals surface area contributed by atoms with Gasteiger partial charge in [0.2, 0.25) is 10.0 Å². The molecule has 2 aromatic rings. The van der Waals surface area contributed by atoms with Crippen molar-refractivity contribution in [1.82, 2.24) is 8.87 Å². The summed E-state index contributed by atoms with van der Waals surface area (Å²) in [5.74, 6) is 1.13. The minimum atomic E-state index is -3.66. The summed E-state index contributed by atoms with van der Waals surface area (Å²) >= 11 is 0. The zero-order chi connectivity index (χ0) is 22.1. The average Bonchev–Trinajstić information content (AvgIpc) is 3.03. The molecule has 1 amide bonds. The highest BCUT2D eigenvalue weighted by atomic mass is 32.2. The number of nitrogens with zero attached hydrogens (tertiary/aromatic N) is 2. The van der Waals surface area contributed by atoms with E-state index in [1.54, 1.807) is 36.7 Å². The molecule has 1 N–H and O–H groups in total. The molecule has 164 valence electrons. The summed E-state index contributed by atoms with van der Waals surface area (Å²) in [6.07, 6.45) is 1.68. The van der Waals surface area contributed by atoms with Crippen molar-refractivity contribution in [2.75, 3.05) is 32.6 Å². The Morgan fingerprint density at radius 2 is 1.80 bits per heavy atom. The van der Waals surface area contributed by atoms with Gasteiger partial charge in [-0.15, -0.1) is 0 Å². The highest BCUT2D eigenvalue weighted by Crippen LogP contribution is 2.31. The highest BCUT2D eigenvalue weighted by molar-refractivity contribution is 7.89. The van der Waals surface area contributed by atoms with E-state index >= 15 is 0 Å². The van der Waals surface area contributed by atoms with Crippen molar-refractivity contribution < 1.29 is 22.7 Å². The van der Waals surface area contributed by atoms with E-state index in [-0.39, 0.29) is 10.6 Å². The van der Waals surface area contributed by atoms with Crippen molar-refractivity contribution in [3.05, 3.63) is 35.7 Å². The van der Waals surface area contributed by atoms with E-state index < -0.39 is 15.9 Å². The molecule has 0 aliphatic carbocycles. The van der Waals surface area contributed by atoms with Crippen LogP contribution in [0.25, 0.3) is 0 Å². The number of amides is 1. The predicted molar refractivity (Wildman–Crippen MR) is 115 cm³/mol. The molecule has 0 bridgehead atoms. The van der Waals surface area contributed by atoms with Crippen molar-refractivity contribution in [3.63, 3.8) is 0 Å². The molecule has 1 saturated heterocycles. The highest BCUT2D eigenvalue weighted by Gasteiger charge is 2.32. The Balaban J connectivity index is 1.91. The van der Waals surface area contributed by atoms with Crippen LogP contribution in [0.1, 0.15) is 35.9 Å². The maximum absolute atomic E-state index is 13.2. The Labute approximate surface area is 177 Å². The maximum Gasteiger partial charge on any atom is 0.272 e. The molecular formula is C21H29N3O5S. The topological polar surface area (TPSA) is 89.9 Å². The summed E-state index contributed by atoms with van der Waals surface area (Å²) in [5, 5.41) is 2.80. The molecule has 0 spiro atoms. The van der Waals surface area contributed by atoms with E-state index in [0.717, 1.165) is 12.8 Å². The smallest absolute Gasteiger partial charge is 0.272 e. The van der Waals surface area contributed by atoms with E-state index in [0.29, 0.717) is 41.9 Å². The number of piperidine rings is 1. The van der Waals surface area contributed by atoms with Gasteiger partial charge in [-0.1, -0.05) is 6.92 Å². The minimum Gasteiger partial charge on any atom is -0.497 e. The van der Waals surface area contributed by atoms with Crippen LogP contribution in [0.5, 0.6) is 11.5 Å². The van der Waals surface area contributed by atoms with Gasteiger partial charge >= 0.3 is 0 Å². The third kappa shape index (κ3) is 4.17. The maximum atomic E-state index is 13.2. The summed E-state index contributed by atoms with van der Waals surface area (Å²) in [6.45, 7) is 4.84. The fourth-order valence-electron chi connectivity index (χ4n) is 3.61. The second kappa shape index (κ2) is 8.69. The Morgan fingerprint density at radius 3 is 2.40 bits per heavy atom. The normalized spacial score (nSPS) is 15.8. The van der Waals surface area contributed by atoms with Gasteiger partial charge in [0.1, 0.15) is 22.1 Å². The number of methoxy groups -OCH3 is 2. The molecule has 0 unspecified atom stereocenters. The first-order chi connectivity index (χ1) is 14.2. The van der Waals surface area contributed by atoms with E-state index in [1.165, 1.54) is 24.6 Å². The molecule has 0 saturated carbocycles. The molecule has 3 rings (SSSR count). The lowest BCUT2D eigenvalue weighted by atomic mass is 10.0. The first-order valence-corrected chi connectivity index (χ1v) is 11.3. The van der Waals surface area contributed by atoms with Crippen molar-refractivity contribution in [1.29, 1.82) is 0 Å². The number of benzene rings is 1. The van der Waals surface area contributed by atoms with Gasteiger partial charge in [-0.3, -0.25) is 4.79 Å². The summed E-state index contributed by atoms with van der Waals surface area (Å²) in [6, 6.07) is 6.52. The van der Waals surface area contributed by atoms with Crippen LogP contribution >= 0.6 is 0 Å². The van der Waals surface area contributed by atoms with Crippen LogP contribution in [0.2, 0.25) is 0 Å².